The number of aryl methyl sites for hydroxylation is 1. The highest BCUT2D eigenvalue weighted by molar-refractivity contribution is 7.80. The smallest absolute Gasteiger partial charge is 0.152 e. The van der Waals surface area contributed by atoms with Crippen molar-refractivity contribution in [1.82, 2.24) is 9.97 Å². The molecule has 4 rings (SSSR count). The Morgan fingerprint density at radius 2 is 1.62 bits per heavy atom. The van der Waals surface area contributed by atoms with Gasteiger partial charge in [-0.25, -0.2) is 9.97 Å². The molecule has 1 N–H and O–H groups in total. The van der Waals surface area contributed by atoms with Crippen molar-refractivity contribution in [3.05, 3.63) is 107 Å². The maximum absolute atomic E-state index is 5.63. The molecule has 1 heterocycles. The predicted octanol–water partition coefficient (Wildman–Crippen LogP) is 6.03. The van der Waals surface area contributed by atoms with Gasteiger partial charge in [0.25, 0.3) is 0 Å². The number of methoxy groups -OCH3 is 1. The molecule has 0 spiro atoms. The topological polar surface area (TPSA) is 47.0 Å². The zero-order chi connectivity index (χ0) is 22.3. The summed E-state index contributed by atoms with van der Waals surface area (Å²) in [7, 11) is 1.66. The zero-order valence-corrected chi connectivity index (χ0v) is 19.0. The van der Waals surface area contributed by atoms with Crippen LogP contribution in [0, 0.1) is 6.92 Å². The highest BCUT2D eigenvalue weighted by atomic mass is 32.1. The van der Waals surface area contributed by atoms with Gasteiger partial charge in [-0.2, -0.15) is 0 Å². The average molecular weight is 440 g/mol. The largest absolute Gasteiger partial charge is 0.497 e. The van der Waals surface area contributed by atoms with Gasteiger partial charge in [0.2, 0.25) is 0 Å². The van der Waals surface area contributed by atoms with Gasteiger partial charge < -0.3 is 10.1 Å². The Hall–Kier alpha value is -3.57. The molecule has 5 heteroatoms. The van der Waals surface area contributed by atoms with Crippen LogP contribution in [-0.4, -0.2) is 22.1 Å². The van der Waals surface area contributed by atoms with E-state index in [1.807, 2.05) is 42.5 Å². The molecule has 0 bridgehead atoms. The van der Waals surface area contributed by atoms with Gasteiger partial charge in [-0.3, -0.25) is 0 Å². The third kappa shape index (κ3) is 5.56. The Bertz CT molecular complexity index is 1190. The average Bonchev–Trinajstić information content (AvgIpc) is 2.82. The van der Waals surface area contributed by atoms with Gasteiger partial charge in [0, 0.05) is 18.4 Å². The van der Waals surface area contributed by atoms with Gasteiger partial charge in [0.1, 0.15) is 5.75 Å². The molecule has 0 radical (unpaired) electrons. The second-order valence-electron chi connectivity index (χ2n) is 7.65. The van der Waals surface area contributed by atoms with Gasteiger partial charge in [0.05, 0.1) is 29.7 Å². The molecule has 160 valence electrons. The Kier molecular flexibility index (Phi) is 6.87. The molecule has 3 aromatic carbocycles. The molecule has 0 fully saturated rings. The predicted molar refractivity (Wildman–Crippen MR) is 134 cm³/mol. The number of hydrogen-bond acceptors (Lipinski definition) is 4. The minimum Gasteiger partial charge on any atom is -0.497 e. The number of benzene rings is 3. The molecular weight excluding hydrogens is 414 g/mol. The molecule has 0 atom stereocenters. The second kappa shape index (κ2) is 10.2. The first-order valence-electron chi connectivity index (χ1n) is 10.5. The Morgan fingerprint density at radius 1 is 0.906 bits per heavy atom. The van der Waals surface area contributed by atoms with Crippen LogP contribution in [0.5, 0.6) is 5.75 Å². The van der Waals surface area contributed by atoms with Gasteiger partial charge >= 0.3 is 0 Å². The van der Waals surface area contributed by atoms with E-state index in [1.165, 1.54) is 11.1 Å². The molecule has 32 heavy (non-hydrogen) atoms. The van der Waals surface area contributed by atoms with Crippen LogP contribution >= 0.6 is 12.2 Å². The molecule has 4 aromatic rings. The lowest BCUT2D eigenvalue weighted by atomic mass is 10.1. The summed E-state index contributed by atoms with van der Waals surface area (Å²) in [6.07, 6.45) is 3.09. The van der Waals surface area contributed by atoms with E-state index in [4.69, 9.17) is 26.9 Å². The maximum atomic E-state index is 5.63. The number of rotatable bonds is 7. The van der Waals surface area contributed by atoms with Crippen molar-refractivity contribution in [2.45, 2.75) is 19.8 Å². The monoisotopic (exact) mass is 439 g/mol. The zero-order valence-electron chi connectivity index (χ0n) is 18.2. The Morgan fingerprint density at radius 3 is 2.31 bits per heavy atom. The molecule has 1 aromatic heterocycles. The van der Waals surface area contributed by atoms with Crippen LogP contribution < -0.4 is 10.1 Å². The Labute approximate surface area is 194 Å². The number of hydrogen-bond donors (Lipinski definition) is 1. The van der Waals surface area contributed by atoms with E-state index in [0.717, 1.165) is 28.3 Å². The minimum absolute atomic E-state index is 0.617. The van der Waals surface area contributed by atoms with Crippen molar-refractivity contribution in [3.8, 4) is 17.0 Å². The lowest BCUT2D eigenvalue weighted by molar-refractivity contribution is 0.414. The van der Waals surface area contributed by atoms with Crippen molar-refractivity contribution < 1.29 is 4.74 Å². The number of aromatic nitrogens is 2. The van der Waals surface area contributed by atoms with Gasteiger partial charge in [-0.05, 0) is 30.2 Å². The Balaban J connectivity index is 1.59. The standard InChI is InChI=1S/C27H25N3OS/c1-19-8-12-22(13-9-19)25-18-28-27(24(29-25)16-20-6-4-3-5-7-20)30-26(32)17-21-10-14-23(31-2)15-11-21/h3-15,18H,16-17H2,1-2H3,(H,28,30,32). The molecular formula is C27H25N3OS. The molecule has 4 nitrogen and oxygen atoms in total. The molecule has 0 saturated heterocycles. The van der Waals surface area contributed by atoms with E-state index in [-0.39, 0.29) is 0 Å². The van der Waals surface area contributed by atoms with Crippen LogP contribution in [0.25, 0.3) is 11.3 Å². The molecule has 0 unspecified atom stereocenters. The fourth-order valence-electron chi connectivity index (χ4n) is 3.41. The van der Waals surface area contributed by atoms with Gasteiger partial charge in [-0.15, -0.1) is 0 Å². The summed E-state index contributed by atoms with van der Waals surface area (Å²) in [6, 6.07) is 26.5. The quantitative estimate of drug-likeness (QED) is 0.356. The molecule has 0 amide bonds. The summed E-state index contributed by atoms with van der Waals surface area (Å²) < 4.78 is 5.23. The molecule has 0 aliphatic carbocycles. The van der Waals surface area contributed by atoms with Crippen molar-refractivity contribution in [3.63, 3.8) is 0 Å². The van der Waals surface area contributed by atoms with E-state index < -0.39 is 0 Å². The summed E-state index contributed by atoms with van der Waals surface area (Å²) >= 11 is 5.63. The summed E-state index contributed by atoms with van der Waals surface area (Å²) in [5.41, 5.74) is 6.26. The minimum atomic E-state index is 0.617. The molecule has 0 saturated carbocycles. The summed E-state index contributed by atoms with van der Waals surface area (Å²) in [4.78, 5) is 10.3. The van der Waals surface area contributed by atoms with Crippen LogP contribution in [0.2, 0.25) is 0 Å². The van der Waals surface area contributed by atoms with E-state index in [0.29, 0.717) is 23.6 Å². The van der Waals surface area contributed by atoms with Crippen molar-refractivity contribution in [2.24, 2.45) is 0 Å². The fourth-order valence-corrected chi connectivity index (χ4v) is 3.68. The lowest BCUT2D eigenvalue weighted by Crippen LogP contribution is -2.16. The summed E-state index contributed by atoms with van der Waals surface area (Å²) in [5.74, 6) is 1.53. The number of anilines is 1. The van der Waals surface area contributed by atoms with Crippen molar-refractivity contribution in [1.29, 1.82) is 0 Å². The van der Waals surface area contributed by atoms with Crippen LogP contribution in [0.3, 0.4) is 0 Å². The van der Waals surface area contributed by atoms with Crippen molar-refractivity contribution in [2.75, 3.05) is 12.4 Å². The number of nitrogens with zero attached hydrogens (tertiary/aromatic N) is 2. The van der Waals surface area contributed by atoms with Crippen LogP contribution in [0.1, 0.15) is 22.4 Å². The third-order valence-corrected chi connectivity index (χ3v) is 5.43. The number of nitrogens with one attached hydrogen (secondary N) is 1. The highest BCUT2D eigenvalue weighted by Gasteiger charge is 2.12. The van der Waals surface area contributed by atoms with Gasteiger partial charge in [-0.1, -0.05) is 84.5 Å². The lowest BCUT2D eigenvalue weighted by Gasteiger charge is -2.13. The first-order chi connectivity index (χ1) is 15.6. The first kappa shape index (κ1) is 21.7. The fraction of sp³-hybridized carbons (Fsp3) is 0.148. The van der Waals surface area contributed by atoms with Crippen molar-refractivity contribution >= 4 is 23.0 Å². The van der Waals surface area contributed by atoms with E-state index in [9.17, 15) is 0 Å². The van der Waals surface area contributed by atoms with E-state index in [2.05, 4.69) is 48.6 Å². The maximum Gasteiger partial charge on any atom is 0.152 e. The van der Waals surface area contributed by atoms with E-state index >= 15 is 0 Å². The number of ether oxygens (including phenoxy) is 1. The normalized spacial score (nSPS) is 10.6. The number of thiocarbonyl (C=S) groups is 1. The van der Waals surface area contributed by atoms with Crippen LogP contribution in [0.15, 0.2) is 85.1 Å². The second-order valence-corrected chi connectivity index (χ2v) is 8.14. The third-order valence-electron chi connectivity index (χ3n) is 5.19. The summed E-state index contributed by atoms with van der Waals surface area (Å²) in [6.45, 7) is 2.08. The highest BCUT2D eigenvalue weighted by Crippen LogP contribution is 2.23. The summed E-state index contributed by atoms with van der Waals surface area (Å²) in [5, 5.41) is 3.32. The van der Waals surface area contributed by atoms with Crippen LogP contribution in [-0.2, 0) is 12.8 Å². The van der Waals surface area contributed by atoms with Crippen LogP contribution in [0.4, 0.5) is 5.82 Å². The SMILES string of the molecule is COc1ccc(CC(=S)Nc2ncc(-c3ccc(C)cc3)nc2Cc2ccccc2)cc1. The van der Waals surface area contributed by atoms with Gasteiger partial charge in [0.15, 0.2) is 5.82 Å². The first-order valence-corrected chi connectivity index (χ1v) is 10.9. The molecule has 0 aliphatic rings. The molecule has 0 aliphatic heterocycles. The van der Waals surface area contributed by atoms with E-state index in [1.54, 1.807) is 13.3 Å².